The van der Waals surface area contributed by atoms with E-state index in [1.165, 1.54) is 25.7 Å². The number of hydrogen-bond donors (Lipinski definition) is 0. The molecular weight excluding hydrogens is 368 g/mol. The summed E-state index contributed by atoms with van der Waals surface area (Å²) >= 11 is 0. The third-order valence-electron chi connectivity index (χ3n) is 6.41. The van der Waals surface area contributed by atoms with Gasteiger partial charge in [0.1, 0.15) is 12.2 Å². The van der Waals surface area contributed by atoms with Crippen LogP contribution in [0.25, 0.3) is 0 Å². The molecule has 6 atom stereocenters. The van der Waals surface area contributed by atoms with Gasteiger partial charge >= 0.3 is 0 Å². The van der Waals surface area contributed by atoms with Crippen LogP contribution in [0.1, 0.15) is 106 Å². The topological polar surface area (TPSA) is 46.2 Å². The van der Waals surface area contributed by atoms with Crippen molar-refractivity contribution < 1.29 is 23.7 Å². The largest absolute Gasteiger partial charge is 0.364 e. The zero-order chi connectivity index (χ0) is 21.3. The second-order valence-corrected chi connectivity index (χ2v) is 9.09. The molecule has 2 fully saturated rings. The van der Waals surface area contributed by atoms with Crippen molar-refractivity contribution in [3.63, 3.8) is 0 Å². The molecule has 0 aromatic heterocycles. The highest BCUT2D eigenvalue weighted by Gasteiger charge is 2.49. The molecular formula is C24H46O5. The predicted octanol–water partition coefficient (Wildman–Crippen LogP) is 5.98. The first-order valence-electron chi connectivity index (χ1n) is 12.2. The Balaban J connectivity index is 2.01. The maximum atomic E-state index is 6.54. The van der Waals surface area contributed by atoms with Crippen molar-refractivity contribution in [2.45, 2.75) is 142 Å². The molecule has 0 aromatic rings. The molecule has 172 valence electrons. The van der Waals surface area contributed by atoms with Crippen LogP contribution in [-0.2, 0) is 23.7 Å². The van der Waals surface area contributed by atoms with E-state index in [4.69, 9.17) is 23.7 Å². The van der Waals surface area contributed by atoms with Gasteiger partial charge in [-0.3, -0.25) is 0 Å². The van der Waals surface area contributed by atoms with Crippen LogP contribution in [0.4, 0.5) is 0 Å². The third-order valence-corrected chi connectivity index (χ3v) is 6.41. The molecule has 0 aromatic carbocycles. The summed E-state index contributed by atoms with van der Waals surface area (Å²) in [5.74, 6) is -1.32. The second kappa shape index (κ2) is 12.0. The summed E-state index contributed by atoms with van der Waals surface area (Å²) in [5, 5.41) is 0. The summed E-state index contributed by atoms with van der Waals surface area (Å²) < 4.78 is 31.8. The third kappa shape index (κ3) is 6.90. The molecule has 5 heteroatoms. The molecule has 5 nitrogen and oxygen atoms in total. The van der Waals surface area contributed by atoms with Gasteiger partial charge in [-0.05, 0) is 53.4 Å². The Labute approximate surface area is 179 Å². The molecule has 29 heavy (non-hydrogen) atoms. The Hall–Kier alpha value is -0.200. The summed E-state index contributed by atoms with van der Waals surface area (Å²) in [7, 11) is 0. The van der Waals surface area contributed by atoms with Crippen LogP contribution in [0, 0.1) is 0 Å². The summed E-state index contributed by atoms with van der Waals surface area (Å²) in [6.45, 7) is 14.3. The van der Waals surface area contributed by atoms with E-state index in [-0.39, 0.29) is 24.4 Å². The Bertz CT molecular complexity index is 403. The van der Waals surface area contributed by atoms with E-state index in [1.54, 1.807) is 0 Å². The van der Waals surface area contributed by atoms with Gasteiger partial charge in [0.2, 0.25) is 0 Å². The highest BCUT2D eigenvalue weighted by Crippen LogP contribution is 2.39. The van der Waals surface area contributed by atoms with Crippen LogP contribution >= 0.6 is 0 Å². The van der Waals surface area contributed by atoms with Crippen molar-refractivity contribution in [3.8, 4) is 0 Å². The van der Waals surface area contributed by atoms with Crippen LogP contribution in [0.2, 0.25) is 0 Å². The van der Waals surface area contributed by atoms with Crippen LogP contribution in [0.5, 0.6) is 0 Å². The van der Waals surface area contributed by atoms with Gasteiger partial charge in [0, 0.05) is 12.8 Å². The summed E-state index contributed by atoms with van der Waals surface area (Å²) in [6.07, 6.45) is 10.5. The average molecular weight is 415 g/mol. The lowest BCUT2D eigenvalue weighted by atomic mass is 10.0. The fourth-order valence-corrected chi connectivity index (χ4v) is 4.59. The number of unbranched alkanes of at least 4 members (excludes halogenated alkanes) is 2. The molecule has 0 radical (unpaired) electrons. The molecule has 2 aliphatic rings. The normalized spacial score (nSPS) is 31.7. The molecule has 2 aliphatic heterocycles. The molecule has 6 unspecified atom stereocenters. The van der Waals surface area contributed by atoms with Gasteiger partial charge in [0.05, 0.1) is 25.4 Å². The van der Waals surface area contributed by atoms with E-state index >= 15 is 0 Å². The fraction of sp³-hybridized carbons (Fsp3) is 1.00. The van der Waals surface area contributed by atoms with Gasteiger partial charge in [0.25, 0.3) is 0 Å². The lowest BCUT2D eigenvalue weighted by Gasteiger charge is -2.42. The maximum Gasteiger partial charge on any atom is 0.194 e. The lowest BCUT2D eigenvalue weighted by molar-refractivity contribution is -0.329. The molecule has 0 saturated carbocycles. The van der Waals surface area contributed by atoms with E-state index in [2.05, 4.69) is 41.5 Å². The van der Waals surface area contributed by atoms with Gasteiger partial charge in [-0.25, -0.2) is 0 Å². The molecule has 2 saturated heterocycles. The first-order chi connectivity index (χ1) is 13.9. The summed E-state index contributed by atoms with van der Waals surface area (Å²) in [6, 6.07) is 0. The quantitative estimate of drug-likeness (QED) is 0.350. The van der Waals surface area contributed by atoms with Gasteiger partial charge in [-0.1, -0.05) is 39.5 Å². The second-order valence-electron chi connectivity index (χ2n) is 9.09. The van der Waals surface area contributed by atoms with Crippen molar-refractivity contribution in [1.82, 2.24) is 0 Å². The average Bonchev–Trinajstić information content (AvgIpc) is 3.36. The van der Waals surface area contributed by atoms with Crippen LogP contribution in [-0.4, -0.2) is 49.2 Å². The highest BCUT2D eigenvalue weighted by atomic mass is 16.7. The van der Waals surface area contributed by atoms with E-state index < -0.39 is 11.6 Å². The van der Waals surface area contributed by atoms with Crippen molar-refractivity contribution >= 4 is 0 Å². The van der Waals surface area contributed by atoms with E-state index in [0.717, 1.165) is 51.7 Å². The predicted molar refractivity (Wildman–Crippen MR) is 116 cm³/mol. The first-order valence-corrected chi connectivity index (χ1v) is 12.2. The minimum atomic E-state index is -0.658. The molecule has 0 aliphatic carbocycles. The van der Waals surface area contributed by atoms with Gasteiger partial charge < -0.3 is 23.7 Å². The first kappa shape index (κ1) is 25.1. The van der Waals surface area contributed by atoms with Crippen LogP contribution in [0.3, 0.4) is 0 Å². The van der Waals surface area contributed by atoms with Crippen molar-refractivity contribution in [1.29, 1.82) is 0 Å². The summed E-state index contributed by atoms with van der Waals surface area (Å²) in [4.78, 5) is 0. The molecule has 0 bridgehead atoms. The maximum absolute atomic E-state index is 6.54. The minimum Gasteiger partial charge on any atom is -0.364 e. The number of ether oxygens (including phenoxy) is 5. The number of hydrogen-bond acceptors (Lipinski definition) is 5. The molecule has 0 N–H and O–H groups in total. The zero-order valence-corrected chi connectivity index (χ0v) is 19.8. The van der Waals surface area contributed by atoms with Gasteiger partial charge in [0.15, 0.2) is 11.6 Å². The van der Waals surface area contributed by atoms with E-state index in [0.29, 0.717) is 0 Å². The molecule has 2 heterocycles. The highest BCUT2D eigenvalue weighted by molar-refractivity contribution is 4.88. The fourth-order valence-electron chi connectivity index (χ4n) is 4.59. The van der Waals surface area contributed by atoms with Gasteiger partial charge in [-0.15, -0.1) is 0 Å². The van der Waals surface area contributed by atoms with Crippen LogP contribution < -0.4 is 0 Å². The Morgan fingerprint density at radius 2 is 1.14 bits per heavy atom. The van der Waals surface area contributed by atoms with E-state index in [1.807, 2.05) is 0 Å². The van der Waals surface area contributed by atoms with Crippen molar-refractivity contribution in [2.24, 2.45) is 0 Å². The Morgan fingerprint density at radius 3 is 1.45 bits per heavy atom. The molecule has 0 spiro atoms. The van der Waals surface area contributed by atoms with Crippen molar-refractivity contribution in [2.75, 3.05) is 13.2 Å². The monoisotopic (exact) mass is 414 g/mol. The van der Waals surface area contributed by atoms with Gasteiger partial charge in [-0.2, -0.15) is 0 Å². The summed E-state index contributed by atoms with van der Waals surface area (Å²) in [5.41, 5.74) is 0. The lowest BCUT2D eigenvalue weighted by Crippen LogP contribution is -2.53. The minimum absolute atomic E-state index is 0.163. The molecule has 2 rings (SSSR count). The SMILES string of the molecule is CCCCC(C)OC1(C(C)OC(C)C2(OC(C)CCCC)CCCO2)CCCO1. The van der Waals surface area contributed by atoms with Crippen molar-refractivity contribution in [3.05, 3.63) is 0 Å². The Kier molecular flexibility index (Phi) is 10.4. The smallest absolute Gasteiger partial charge is 0.194 e. The molecule has 0 amide bonds. The van der Waals surface area contributed by atoms with E-state index in [9.17, 15) is 0 Å². The van der Waals surface area contributed by atoms with Crippen LogP contribution in [0.15, 0.2) is 0 Å². The zero-order valence-electron chi connectivity index (χ0n) is 19.8. The number of rotatable bonds is 14. The Morgan fingerprint density at radius 1 is 0.724 bits per heavy atom. The standard InChI is InChI=1S/C24H46O5/c1-7-9-13-19(3)28-23(15-11-17-25-23)21(5)27-22(6)24(16-12-18-26-24)29-20(4)14-10-8-2/h19-22H,7-18H2,1-6H3.